The summed E-state index contributed by atoms with van der Waals surface area (Å²) in [7, 11) is 4.11. The van der Waals surface area contributed by atoms with Crippen molar-refractivity contribution in [3.05, 3.63) is 23.0 Å². The molecule has 0 radical (unpaired) electrons. The van der Waals surface area contributed by atoms with Crippen molar-refractivity contribution in [3.8, 4) is 0 Å². The van der Waals surface area contributed by atoms with Gasteiger partial charge in [0.05, 0.1) is 11.6 Å². The Kier molecular flexibility index (Phi) is 11.8. The Labute approximate surface area is 193 Å². The first-order valence-electron chi connectivity index (χ1n) is 10.2. The summed E-state index contributed by atoms with van der Waals surface area (Å²) in [6, 6.07) is 2.01. The monoisotopic (exact) mass is 524 g/mol. The number of aromatic nitrogens is 1. The van der Waals surface area contributed by atoms with Gasteiger partial charge in [0.2, 0.25) is 0 Å². The number of likely N-dealkylation sites (N-methyl/N-ethyl adjacent to an activating group) is 1. The van der Waals surface area contributed by atoms with E-state index in [1.54, 1.807) is 0 Å². The second-order valence-corrected chi connectivity index (χ2v) is 8.09. The van der Waals surface area contributed by atoms with Crippen molar-refractivity contribution in [1.82, 2.24) is 24.6 Å². The molecule has 0 amide bonds. The minimum absolute atomic E-state index is 0. The van der Waals surface area contributed by atoms with Crippen molar-refractivity contribution in [1.29, 1.82) is 0 Å². The molecular weight excluding hydrogens is 487 g/mol. The highest BCUT2D eigenvalue weighted by Crippen LogP contribution is 2.14. The van der Waals surface area contributed by atoms with Crippen molar-refractivity contribution in [3.63, 3.8) is 0 Å². The Morgan fingerprint density at radius 1 is 1.25 bits per heavy atom. The van der Waals surface area contributed by atoms with Gasteiger partial charge in [-0.3, -0.25) is 4.99 Å². The molecule has 0 saturated carbocycles. The van der Waals surface area contributed by atoms with Gasteiger partial charge in [0.15, 0.2) is 5.96 Å². The van der Waals surface area contributed by atoms with Gasteiger partial charge in [0.1, 0.15) is 0 Å². The molecule has 6 nitrogen and oxygen atoms in total. The summed E-state index contributed by atoms with van der Waals surface area (Å²) >= 11 is 6.11. The van der Waals surface area contributed by atoms with E-state index in [1.165, 1.54) is 38.4 Å². The molecule has 0 spiro atoms. The van der Waals surface area contributed by atoms with Crippen LogP contribution >= 0.6 is 35.6 Å². The first-order valence-corrected chi connectivity index (χ1v) is 10.6. The van der Waals surface area contributed by atoms with E-state index in [9.17, 15) is 0 Å². The lowest BCUT2D eigenvalue weighted by atomic mass is 10.1. The maximum atomic E-state index is 6.11. The number of hydrogen-bond acceptors (Lipinski definition) is 3. The number of aryl methyl sites for hydroxylation is 1. The first-order chi connectivity index (χ1) is 12.9. The van der Waals surface area contributed by atoms with Crippen molar-refractivity contribution in [2.24, 2.45) is 18.0 Å². The normalized spacial score (nSPS) is 17.3. The maximum absolute atomic E-state index is 6.11. The minimum atomic E-state index is 0. The predicted octanol–water partition coefficient (Wildman–Crippen LogP) is 2.97. The Hall–Kier alpha value is -0.510. The van der Waals surface area contributed by atoms with Crippen LogP contribution in [0.1, 0.15) is 26.5 Å². The Bertz CT molecular complexity index is 598. The maximum Gasteiger partial charge on any atom is 0.194 e. The standard InChI is InChI=1S/C20H37ClN6.HI/c1-6-22-20(25(5)16-19-12-18(21)15-24(19)4)23-13-17(3)14-27-10-8-26(7-2)9-11-27;/h12,15,17H,6-11,13-14,16H2,1-5H3,(H,22,23);1H. The molecule has 0 aromatic carbocycles. The van der Waals surface area contributed by atoms with E-state index in [1.807, 2.05) is 19.3 Å². The highest BCUT2D eigenvalue weighted by Gasteiger charge is 2.17. The molecular formula is C20H38ClIN6. The molecule has 8 heteroatoms. The fraction of sp³-hybridized carbons (Fsp3) is 0.750. The molecule has 162 valence electrons. The third kappa shape index (κ3) is 8.08. The molecule has 1 aliphatic rings. The van der Waals surface area contributed by atoms with Crippen LogP contribution in [0.15, 0.2) is 17.3 Å². The van der Waals surface area contributed by atoms with Gasteiger partial charge in [-0.2, -0.15) is 0 Å². The van der Waals surface area contributed by atoms with Crippen LogP contribution in [-0.4, -0.2) is 84.6 Å². The molecule has 0 aliphatic carbocycles. The van der Waals surface area contributed by atoms with Gasteiger partial charge >= 0.3 is 0 Å². The number of guanidine groups is 1. The van der Waals surface area contributed by atoms with Crippen molar-refractivity contribution in [2.75, 3.05) is 59.4 Å². The summed E-state index contributed by atoms with van der Waals surface area (Å²) in [5.74, 6) is 1.50. The average molecular weight is 525 g/mol. The summed E-state index contributed by atoms with van der Waals surface area (Å²) < 4.78 is 2.07. The highest BCUT2D eigenvalue weighted by atomic mass is 127. The third-order valence-corrected chi connectivity index (χ3v) is 5.41. The molecule has 1 aromatic rings. The molecule has 1 saturated heterocycles. The van der Waals surface area contributed by atoms with E-state index in [4.69, 9.17) is 16.6 Å². The van der Waals surface area contributed by atoms with Gasteiger partial charge in [-0.1, -0.05) is 25.4 Å². The van der Waals surface area contributed by atoms with Gasteiger partial charge in [-0.05, 0) is 25.5 Å². The predicted molar refractivity (Wildman–Crippen MR) is 131 cm³/mol. The van der Waals surface area contributed by atoms with Gasteiger partial charge in [-0.15, -0.1) is 24.0 Å². The zero-order valence-corrected chi connectivity index (χ0v) is 21.2. The number of aliphatic imine (C=N–C) groups is 1. The van der Waals surface area contributed by atoms with Crippen LogP contribution in [-0.2, 0) is 13.6 Å². The number of hydrogen-bond donors (Lipinski definition) is 1. The van der Waals surface area contributed by atoms with E-state index >= 15 is 0 Å². The highest BCUT2D eigenvalue weighted by molar-refractivity contribution is 14.0. The molecule has 1 atom stereocenters. The fourth-order valence-corrected chi connectivity index (χ4v) is 3.81. The van der Waals surface area contributed by atoms with Crippen molar-refractivity contribution in [2.45, 2.75) is 27.3 Å². The second-order valence-electron chi connectivity index (χ2n) is 7.65. The molecule has 28 heavy (non-hydrogen) atoms. The lowest BCUT2D eigenvalue weighted by Crippen LogP contribution is -2.47. The molecule has 1 aromatic heterocycles. The average Bonchev–Trinajstić information content (AvgIpc) is 2.96. The van der Waals surface area contributed by atoms with Crippen LogP contribution in [0.3, 0.4) is 0 Å². The van der Waals surface area contributed by atoms with E-state index < -0.39 is 0 Å². The molecule has 2 heterocycles. The SMILES string of the molecule is CCNC(=NCC(C)CN1CCN(CC)CC1)N(C)Cc1cc(Cl)cn1C.I. The number of halogens is 2. The summed E-state index contributed by atoms with van der Waals surface area (Å²) in [6.45, 7) is 16.2. The lowest BCUT2D eigenvalue weighted by Gasteiger charge is -2.35. The largest absolute Gasteiger partial charge is 0.357 e. The first kappa shape index (κ1) is 25.5. The molecule has 1 unspecified atom stereocenters. The number of nitrogens with one attached hydrogen (secondary N) is 1. The van der Waals surface area contributed by atoms with Crippen LogP contribution in [0, 0.1) is 5.92 Å². The van der Waals surface area contributed by atoms with Crippen molar-refractivity contribution >= 4 is 41.5 Å². The zero-order chi connectivity index (χ0) is 19.8. The second kappa shape index (κ2) is 12.9. The smallest absolute Gasteiger partial charge is 0.194 e. The van der Waals surface area contributed by atoms with Crippen LogP contribution in [0.4, 0.5) is 0 Å². The van der Waals surface area contributed by atoms with Gasteiger partial charge in [0, 0.05) is 71.8 Å². The van der Waals surface area contributed by atoms with Gasteiger partial charge in [-0.25, -0.2) is 0 Å². The summed E-state index contributed by atoms with van der Waals surface area (Å²) in [6.07, 6.45) is 1.94. The van der Waals surface area contributed by atoms with Gasteiger partial charge < -0.3 is 24.6 Å². The van der Waals surface area contributed by atoms with E-state index in [2.05, 4.69) is 52.4 Å². The van der Waals surface area contributed by atoms with Crippen LogP contribution < -0.4 is 5.32 Å². The van der Waals surface area contributed by atoms with Crippen LogP contribution in [0.25, 0.3) is 0 Å². The number of piperazine rings is 1. The van der Waals surface area contributed by atoms with Crippen LogP contribution in [0.5, 0.6) is 0 Å². The Morgan fingerprint density at radius 3 is 2.43 bits per heavy atom. The van der Waals surface area contributed by atoms with E-state index in [0.29, 0.717) is 5.92 Å². The summed E-state index contributed by atoms with van der Waals surface area (Å²) in [4.78, 5) is 12.2. The summed E-state index contributed by atoms with van der Waals surface area (Å²) in [5, 5.41) is 4.19. The molecule has 1 aliphatic heterocycles. The Balaban J connectivity index is 0.00000392. The van der Waals surface area contributed by atoms with E-state index in [0.717, 1.165) is 37.2 Å². The molecule has 1 fully saturated rings. The summed E-state index contributed by atoms with van der Waals surface area (Å²) in [5.41, 5.74) is 1.18. The van der Waals surface area contributed by atoms with Crippen molar-refractivity contribution < 1.29 is 0 Å². The number of rotatable bonds is 8. The Morgan fingerprint density at radius 2 is 1.89 bits per heavy atom. The zero-order valence-electron chi connectivity index (χ0n) is 18.1. The lowest BCUT2D eigenvalue weighted by molar-refractivity contribution is 0.125. The number of nitrogens with zero attached hydrogens (tertiary/aromatic N) is 5. The third-order valence-electron chi connectivity index (χ3n) is 5.20. The molecule has 2 rings (SSSR count). The molecule has 0 bridgehead atoms. The molecule has 1 N–H and O–H groups in total. The minimum Gasteiger partial charge on any atom is -0.357 e. The topological polar surface area (TPSA) is 39.0 Å². The fourth-order valence-electron chi connectivity index (χ4n) is 3.54. The quantitative estimate of drug-likeness (QED) is 0.322. The van der Waals surface area contributed by atoms with Crippen LogP contribution in [0.2, 0.25) is 5.02 Å². The van der Waals surface area contributed by atoms with E-state index in [-0.39, 0.29) is 24.0 Å². The van der Waals surface area contributed by atoms with Gasteiger partial charge in [0.25, 0.3) is 0 Å².